The summed E-state index contributed by atoms with van der Waals surface area (Å²) in [5.41, 5.74) is 7.41. The van der Waals surface area contributed by atoms with Crippen LogP contribution in [-0.4, -0.2) is 32.0 Å². The molecule has 0 saturated heterocycles. The third kappa shape index (κ3) is 2.26. The molecule has 0 aliphatic heterocycles. The molecule has 0 bridgehead atoms. The number of nitrogens with zero attached hydrogens (tertiary/aromatic N) is 3. The zero-order chi connectivity index (χ0) is 12.4. The van der Waals surface area contributed by atoms with E-state index >= 15 is 0 Å². The average Bonchev–Trinajstić information content (AvgIpc) is 2.68. The maximum absolute atomic E-state index is 10.8. The van der Waals surface area contributed by atoms with Gasteiger partial charge in [-0.05, 0) is 31.9 Å². The first kappa shape index (κ1) is 11.5. The normalized spacial score (nSPS) is 10.9. The zero-order valence-corrected chi connectivity index (χ0v) is 9.55. The fourth-order valence-corrected chi connectivity index (χ4v) is 1.69. The highest BCUT2D eigenvalue weighted by Crippen LogP contribution is 2.11. The first-order valence-corrected chi connectivity index (χ1v) is 5.40. The van der Waals surface area contributed by atoms with Gasteiger partial charge >= 0.3 is 5.97 Å². The maximum Gasteiger partial charge on any atom is 0.356 e. The Labute approximate surface area is 98.1 Å². The minimum atomic E-state index is -1.04. The molecule has 2 aromatic heterocycles. The first-order valence-electron chi connectivity index (χ1n) is 5.40. The van der Waals surface area contributed by atoms with Crippen LogP contribution in [0.3, 0.4) is 0 Å². The zero-order valence-electron chi connectivity index (χ0n) is 9.55. The van der Waals surface area contributed by atoms with E-state index in [-0.39, 0.29) is 5.69 Å². The minimum Gasteiger partial charge on any atom is -0.476 e. The number of rotatable bonds is 4. The van der Waals surface area contributed by atoms with Crippen LogP contribution in [-0.2, 0) is 6.42 Å². The molecule has 0 aromatic carbocycles. The third-order valence-corrected chi connectivity index (χ3v) is 2.61. The number of aryl methyl sites for hydroxylation is 2. The maximum atomic E-state index is 10.8. The van der Waals surface area contributed by atoms with Crippen molar-refractivity contribution in [2.45, 2.75) is 19.8 Å². The van der Waals surface area contributed by atoms with Gasteiger partial charge in [-0.25, -0.2) is 14.8 Å². The van der Waals surface area contributed by atoms with E-state index in [9.17, 15) is 4.79 Å². The van der Waals surface area contributed by atoms with Crippen LogP contribution in [0.5, 0.6) is 0 Å². The summed E-state index contributed by atoms with van der Waals surface area (Å²) >= 11 is 0. The lowest BCUT2D eigenvalue weighted by Crippen LogP contribution is -2.03. The van der Waals surface area contributed by atoms with Crippen molar-refractivity contribution >= 4 is 11.7 Å². The molecule has 0 fully saturated rings. The van der Waals surface area contributed by atoms with Crippen LogP contribution in [0, 0.1) is 6.92 Å². The Morgan fingerprint density at radius 2 is 2.24 bits per heavy atom. The lowest BCUT2D eigenvalue weighted by molar-refractivity contribution is 0.0691. The van der Waals surface area contributed by atoms with Crippen LogP contribution in [0.15, 0.2) is 12.4 Å². The molecule has 90 valence electrons. The van der Waals surface area contributed by atoms with Crippen LogP contribution in [0.25, 0.3) is 5.78 Å². The van der Waals surface area contributed by atoms with Crippen molar-refractivity contribution in [3.63, 3.8) is 0 Å². The highest BCUT2D eigenvalue weighted by atomic mass is 16.4. The summed E-state index contributed by atoms with van der Waals surface area (Å²) in [6.45, 7) is 2.52. The van der Waals surface area contributed by atoms with Gasteiger partial charge in [0.1, 0.15) is 0 Å². The molecule has 0 radical (unpaired) electrons. The van der Waals surface area contributed by atoms with E-state index in [1.165, 1.54) is 6.20 Å². The summed E-state index contributed by atoms with van der Waals surface area (Å²) in [6.07, 6.45) is 5.06. The van der Waals surface area contributed by atoms with Crippen molar-refractivity contribution in [2.75, 3.05) is 6.54 Å². The number of carboxylic acids is 1. The van der Waals surface area contributed by atoms with Crippen LogP contribution < -0.4 is 5.73 Å². The topological polar surface area (TPSA) is 93.5 Å². The molecule has 2 aromatic rings. The molecular weight excluding hydrogens is 220 g/mol. The van der Waals surface area contributed by atoms with Crippen molar-refractivity contribution in [1.82, 2.24) is 14.4 Å². The van der Waals surface area contributed by atoms with Crippen molar-refractivity contribution in [1.29, 1.82) is 0 Å². The van der Waals surface area contributed by atoms with Crippen molar-refractivity contribution < 1.29 is 9.90 Å². The second-order valence-electron chi connectivity index (χ2n) is 3.88. The Morgan fingerprint density at radius 3 is 2.88 bits per heavy atom. The molecule has 17 heavy (non-hydrogen) atoms. The molecule has 0 spiro atoms. The summed E-state index contributed by atoms with van der Waals surface area (Å²) in [5, 5.41) is 8.85. The monoisotopic (exact) mass is 234 g/mol. The van der Waals surface area contributed by atoms with Gasteiger partial charge in [-0.1, -0.05) is 0 Å². The molecule has 0 atom stereocenters. The van der Waals surface area contributed by atoms with Gasteiger partial charge in [0.15, 0.2) is 5.69 Å². The van der Waals surface area contributed by atoms with E-state index in [0.717, 1.165) is 24.1 Å². The second-order valence-corrected chi connectivity index (χ2v) is 3.88. The predicted octanol–water partition coefficient (Wildman–Crippen LogP) is 0.627. The third-order valence-electron chi connectivity index (χ3n) is 2.61. The lowest BCUT2D eigenvalue weighted by Gasteiger charge is -2.04. The van der Waals surface area contributed by atoms with Crippen molar-refractivity contribution in [2.24, 2.45) is 5.73 Å². The van der Waals surface area contributed by atoms with Gasteiger partial charge in [0.2, 0.25) is 5.78 Å². The molecule has 0 unspecified atom stereocenters. The SMILES string of the molecule is Cc1nc2nc(C(=O)O)cn2cc1CCCN. The molecule has 0 aliphatic rings. The summed E-state index contributed by atoms with van der Waals surface area (Å²) in [7, 11) is 0. The van der Waals surface area contributed by atoms with E-state index in [4.69, 9.17) is 10.8 Å². The number of fused-ring (bicyclic) bond motifs is 1. The van der Waals surface area contributed by atoms with Gasteiger partial charge in [0.05, 0.1) is 0 Å². The molecule has 0 amide bonds. The molecular formula is C11H14N4O2. The van der Waals surface area contributed by atoms with E-state index in [1.807, 2.05) is 13.1 Å². The standard InChI is InChI=1S/C11H14N4O2/c1-7-8(3-2-4-12)5-15-6-9(10(16)17)14-11(15)13-7/h5-6H,2-4,12H2,1H3,(H,16,17). The summed E-state index contributed by atoms with van der Waals surface area (Å²) in [6, 6.07) is 0. The van der Waals surface area contributed by atoms with Crippen LogP contribution in [0.2, 0.25) is 0 Å². The fraction of sp³-hybridized carbons (Fsp3) is 0.364. The fourth-order valence-electron chi connectivity index (χ4n) is 1.69. The number of imidazole rings is 1. The number of hydrogen-bond donors (Lipinski definition) is 2. The molecule has 2 rings (SSSR count). The average molecular weight is 234 g/mol. The Morgan fingerprint density at radius 1 is 1.47 bits per heavy atom. The number of aromatic carboxylic acids is 1. The van der Waals surface area contributed by atoms with E-state index in [0.29, 0.717) is 12.3 Å². The van der Waals surface area contributed by atoms with E-state index in [1.54, 1.807) is 4.40 Å². The van der Waals surface area contributed by atoms with Crippen molar-refractivity contribution in [3.05, 3.63) is 29.3 Å². The first-order chi connectivity index (χ1) is 8.11. The predicted molar refractivity (Wildman–Crippen MR) is 62.1 cm³/mol. The van der Waals surface area contributed by atoms with Gasteiger partial charge < -0.3 is 10.8 Å². The van der Waals surface area contributed by atoms with Gasteiger partial charge in [-0.15, -0.1) is 0 Å². The van der Waals surface area contributed by atoms with Crippen LogP contribution in [0.1, 0.15) is 28.2 Å². The highest BCUT2D eigenvalue weighted by Gasteiger charge is 2.11. The molecule has 0 aliphatic carbocycles. The number of carboxylic acid groups (broad SMARTS) is 1. The molecule has 6 nitrogen and oxygen atoms in total. The number of nitrogens with two attached hydrogens (primary N) is 1. The summed E-state index contributed by atoms with van der Waals surface area (Å²) in [4.78, 5) is 19.0. The molecule has 2 heterocycles. The van der Waals surface area contributed by atoms with E-state index < -0.39 is 5.97 Å². The lowest BCUT2D eigenvalue weighted by atomic mass is 10.1. The summed E-state index contributed by atoms with van der Waals surface area (Å²) < 4.78 is 1.64. The quantitative estimate of drug-likeness (QED) is 0.809. The smallest absolute Gasteiger partial charge is 0.356 e. The van der Waals surface area contributed by atoms with Crippen LogP contribution in [0.4, 0.5) is 0 Å². The molecule has 3 N–H and O–H groups in total. The van der Waals surface area contributed by atoms with Gasteiger partial charge in [0, 0.05) is 18.1 Å². The van der Waals surface area contributed by atoms with Gasteiger partial charge in [0.25, 0.3) is 0 Å². The summed E-state index contributed by atoms with van der Waals surface area (Å²) in [5.74, 6) is -0.631. The largest absolute Gasteiger partial charge is 0.476 e. The van der Waals surface area contributed by atoms with E-state index in [2.05, 4.69) is 9.97 Å². The highest BCUT2D eigenvalue weighted by molar-refractivity contribution is 5.85. The second kappa shape index (κ2) is 4.50. The van der Waals surface area contributed by atoms with Crippen molar-refractivity contribution in [3.8, 4) is 0 Å². The Hall–Kier alpha value is -1.95. The van der Waals surface area contributed by atoms with Gasteiger partial charge in [-0.3, -0.25) is 4.40 Å². The number of aromatic nitrogens is 3. The van der Waals surface area contributed by atoms with Gasteiger partial charge in [-0.2, -0.15) is 0 Å². The van der Waals surface area contributed by atoms with Crippen LogP contribution >= 0.6 is 0 Å². The molecule has 6 heteroatoms. The number of carbonyl (C=O) groups is 1. The molecule has 0 saturated carbocycles. The minimum absolute atomic E-state index is 0.00729. The Balaban J connectivity index is 2.44. The Bertz CT molecular complexity index is 562. The Kier molecular flexibility index (Phi) is 3.06. The number of hydrogen-bond acceptors (Lipinski definition) is 4.